The molecule has 7 nitrogen and oxygen atoms in total. The first-order chi connectivity index (χ1) is 14.4. The first kappa shape index (κ1) is 19.1. The molecule has 2 aliphatic rings. The molecule has 3 N–H and O–H groups in total. The molecule has 2 atom stereocenters. The standard InChI is InChI=1S/C21H20FN5O2S/c22-18-9-13(5-6-17(18)20-21(23)25-8-7-24-20)16-3-1-2-4-19(16)30(28,29)27-12-14-10-15(27)11-26-14/h1-9,14-15,26H,10-12H2,(H2,23,25)/t14-,15-/m1/s1. The van der Waals surface area contributed by atoms with Gasteiger partial charge in [-0.1, -0.05) is 24.3 Å². The van der Waals surface area contributed by atoms with Crippen LogP contribution in [0, 0.1) is 5.82 Å². The van der Waals surface area contributed by atoms with Crippen molar-refractivity contribution in [1.82, 2.24) is 19.6 Å². The summed E-state index contributed by atoms with van der Waals surface area (Å²) in [7, 11) is -3.70. The molecule has 2 bridgehead atoms. The van der Waals surface area contributed by atoms with E-state index in [0.29, 0.717) is 24.2 Å². The van der Waals surface area contributed by atoms with E-state index in [1.807, 2.05) is 0 Å². The van der Waals surface area contributed by atoms with Crippen molar-refractivity contribution in [3.8, 4) is 22.4 Å². The van der Waals surface area contributed by atoms with Crippen molar-refractivity contribution in [3.05, 3.63) is 60.7 Å². The summed E-state index contributed by atoms with van der Waals surface area (Å²) in [4.78, 5) is 8.24. The molecule has 2 fully saturated rings. The van der Waals surface area contributed by atoms with E-state index in [2.05, 4.69) is 15.3 Å². The van der Waals surface area contributed by atoms with Gasteiger partial charge in [0.15, 0.2) is 0 Å². The largest absolute Gasteiger partial charge is 0.382 e. The topological polar surface area (TPSA) is 101 Å². The number of hydrogen-bond acceptors (Lipinski definition) is 6. The number of nitrogen functional groups attached to an aromatic ring is 1. The second kappa shape index (κ2) is 7.12. The second-order valence-electron chi connectivity index (χ2n) is 7.55. The molecule has 0 aliphatic carbocycles. The average molecular weight is 425 g/mol. The Morgan fingerprint density at radius 3 is 2.60 bits per heavy atom. The van der Waals surface area contributed by atoms with Crippen LogP contribution in [0.1, 0.15) is 6.42 Å². The smallest absolute Gasteiger partial charge is 0.244 e. The molecule has 5 rings (SSSR count). The van der Waals surface area contributed by atoms with Crippen LogP contribution in [-0.4, -0.2) is 47.9 Å². The maximum atomic E-state index is 15.0. The number of rotatable bonds is 4. The number of aromatic nitrogens is 2. The van der Waals surface area contributed by atoms with Crippen molar-refractivity contribution in [2.75, 3.05) is 18.8 Å². The van der Waals surface area contributed by atoms with E-state index < -0.39 is 15.8 Å². The van der Waals surface area contributed by atoms with Gasteiger partial charge in [-0.25, -0.2) is 17.8 Å². The normalized spacial score (nSPS) is 21.2. The molecule has 3 heterocycles. The number of anilines is 1. The lowest BCUT2D eigenvalue weighted by Crippen LogP contribution is -2.46. The number of nitrogens with two attached hydrogens (primary N) is 1. The summed E-state index contributed by atoms with van der Waals surface area (Å²) in [6.07, 6.45) is 3.70. The van der Waals surface area contributed by atoms with Gasteiger partial charge < -0.3 is 11.1 Å². The number of benzene rings is 2. The predicted octanol–water partition coefficient (Wildman–Crippen LogP) is 2.27. The number of fused-ring (bicyclic) bond motifs is 2. The minimum Gasteiger partial charge on any atom is -0.382 e. The summed E-state index contributed by atoms with van der Waals surface area (Å²) in [5.74, 6) is -0.416. The maximum Gasteiger partial charge on any atom is 0.244 e. The molecule has 2 aromatic carbocycles. The van der Waals surface area contributed by atoms with Crippen LogP contribution in [0.3, 0.4) is 0 Å². The Labute approximate surface area is 173 Å². The Kier molecular flexibility index (Phi) is 4.53. The molecule has 3 aromatic rings. The van der Waals surface area contributed by atoms with Gasteiger partial charge >= 0.3 is 0 Å². The number of piperazine rings is 1. The van der Waals surface area contributed by atoms with E-state index in [-0.39, 0.29) is 34.1 Å². The fourth-order valence-electron chi connectivity index (χ4n) is 4.30. The van der Waals surface area contributed by atoms with Gasteiger partial charge in [-0.2, -0.15) is 4.31 Å². The lowest BCUT2D eigenvalue weighted by Gasteiger charge is -2.27. The minimum absolute atomic E-state index is 0.0354. The Morgan fingerprint density at radius 2 is 1.90 bits per heavy atom. The quantitative estimate of drug-likeness (QED) is 0.665. The molecular formula is C21H20FN5O2S. The Bertz CT molecular complexity index is 1230. The molecule has 30 heavy (non-hydrogen) atoms. The van der Waals surface area contributed by atoms with Crippen LogP contribution < -0.4 is 11.1 Å². The third kappa shape index (κ3) is 3.06. The van der Waals surface area contributed by atoms with Crippen molar-refractivity contribution in [2.24, 2.45) is 0 Å². The van der Waals surface area contributed by atoms with Gasteiger partial charge in [-0.15, -0.1) is 0 Å². The van der Waals surface area contributed by atoms with E-state index in [1.165, 1.54) is 18.5 Å². The van der Waals surface area contributed by atoms with E-state index in [4.69, 9.17) is 5.73 Å². The zero-order valence-electron chi connectivity index (χ0n) is 16.0. The number of nitrogens with zero attached hydrogens (tertiary/aromatic N) is 3. The van der Waals surface area contributed by atoms with Gasteiger partial charge in [0.1, 0.15) is 17.3 Å². The first-order valence-corrected chi connectivity index (χ1v) is 11.1. The lowest BCUT2D eigenvalue weighted by atomic mass is 10.0. The Balaban J connectivity index is 1.56. The molecule has 0 spiro atoms. The molecule has 9 heteroatoms. The van der Waals surface area contributed by atoms with Gasteiger partial charge in [0, 0.05) is 48.7 Å². The van der Waals surface area contributed by atoms with Crippen molar-refractivity contribution in [3.63, 3.8) is 0 Å². The van der Waals surface area contributed by atoms with Gasteiger partial charge in [-0.3, -0.25) is 4.98 Å². The predicted molar refractivity (Wildman–Crippen MR) is 111 cm³/mol. The summed E-state index contributed by atoms with van der Waals surface area (Å²) < 4.78 is 43.3. The molecular weight excluding hydrogens is 405 g/mol. The number of halogens is 1. The zero-order valence-corrected chi connectivity index (χ0v) is 16.8. The van der Waals surface area contributed by atoms with E-state index in [0.717, 1.165) is 6.42 Å². The molecule has 154 valence electrons. The van der Waals surface area contributed by atoms with Gasteiger partial charge in [0.25, 0.3) is 0 Å². The minimum atomic E-state index is -3.70. The fourth-order valence-corrected chi connectivity index (χ4v) is 6.20. The van der Waals surface area contributed by atoms with Crippen molar-refractivity contribution in [1.29, 1.82) is 0 Å². The van der Waals surface area contributed by atoms with Crippen molar-refractivity contribution < 1.29 is 12.8 Å². The number of hydrogen-bond donors (Lipinski definition) is 2. The molecule has 2 saturated heterocycles. The summed E-state index contributed by atoms with van der Waals surface area (Å²) in [6, 6.07) is 11.4. The van der Waals surface area contributed by atoms with Crippen molar-refractivity contribution in [2.45, 2.75) is 23.4 Å². The highest BCUT2D eigenvalue weighted by Crippen LogP contribution is 2.36. The van der Waals surface area contributed by atoms with E-state index >= 15 is 0 Å². The zero-order chi connectivity index (χ0) is 20.9. The molecule has 0 amide bonds. The summed E-state index contributed by atoms with van der Waals surface area (Å²) in [5, 5.41) is 3.31. The average Bonchev–Trinajstić information content (AvgIpc) is 3.38. The molecule has 1 aromatic heterocycles. The number of sulfonamides is 1. The Morgan fingerprint density at radius 1 is 1.10 bits per heavy atom. The lowest BCUT2D eigenvalue weighted by molar-refractivity contribution is 0.349. The highest BCUT2D eigenvalue weighted by Gasteiger charge is 2.44. The van der Waals surface area contributed by atoms with Gasteiger partial charge in [0.2, 0.25) is 10.0 Å². The maximum absolute atomic E-state index is 15.0. The Hall–Kier alpha value is -2.88. The van der Waals surface area contributed by atoms with Crippen molar-refractivity contribution >= 4 is 15.8 Å². The highest BCUT2D eigenvalue weighted by atomic mass is 32.2. The molecule has 0 saturated carbocycles. The highest BCUT2D eigenvalue weighted by molar-refractivity contribution is 7.89. The molecule has 0 radical (unpaired) electrons. The van der Waals surface area contributed by atoms with E-state index in [1.54, 1.807) is 40.7 Å². The van der Waals surface area contributed by atoms with E-state index in [9.17, 15) is 12.8 Å². The van der Waals surface area contributed by atoms with Crippen LogP contribution in [0.2, 0.25) is 0 Å². The van der Waals surface area contributed by atoms with Crippen LogP contribution >= 0.6 is 0 Å². The number of nitrogens with one attached hydrogen (secondary N) is 1. The second-order valence-corrected chi connectivity index (χ2v) is 9.41. The third-order valence-electron chi connectivity index (χ3n) is 5.74. The first-order valence-electron chi connectivity index (χ1n) is 9.66. The molecule has 0 unspecified atom stereocenters. The summed E-state index contributed by atoms with van der Waals surface area (Å²) >= 11 is 0. The van der Waals surface area contributed by atoms with Crippen LogP contribution in [0.25, 0.3) is 22.4 Å². The summed E-state index contributed by atoms with van der Waals surface area (Å²) in [5.41, 5.74) is 7.23. The van der Waals surface area contributed by atoms with Crippen LogP contribution in [0.15, 0.2) is 59.8 Å². The summed E-state index contributed by atoms with van der Waals surface area (Å²) in [6.45, 7) is 1.12. The van der Waals surface area contributed by atoms with Gasteiger partial charge in [0.05, 0.1) is 4.90 Å². The fraction of sp³-hybridized carbons (Fsp3) is 0.238. The third-order valence-corrected chi connectivity index (χ3v) is 7.72. The van der Waals surface area contributed by atoms with Gasteiger partial charge in [-0.05, 0) is 30.2 Å². The molecule has 2 aliphatic heterocycles. The van der Waals surface area contributed by atoms with Crippen LogP contribution in [0.5, 0.6) is 0 Å². The SMILES string of the molecule is Nc1nccnc1-c1ccc(-c2ccccc2S(=O)(=O)N2C[C@H]3C[C@@H]2CN3)cc1F. The monoisotopic (exact) mass is 425 g/mol. The van der Waals surface area contributed by atoms with Crippen LogP contribution in [-0.2, 0) is 10.0 Å². The van der Waals surface area contributed by atoms with Crippen LogP contribution in [0.4, 0.5) is 10.2 Å².